The molecule has 1 unspecified atom stereocenters. The molecule has 3 rings (SSSR count). The van der Waals surface area contributed by atoms with E-state index in [1.165, 1.54) is 28.6 Å². The molecule has 0 amide bonds. The van der Waals surface area contributed by atoms with E-state index in [4.69, 9.17) is 0 Å². The highest BCUT2D eigenvalue weighted by molar-refractivity contribution is 7.89. The van der Waals surface area contributed by atoms with Crippen molar-refractivity contribution in [2.75, 3.05) is 13.1 Å². The Hall–Kier alpha value is -2.05. The van der Waals surface area contributed by atoms with Gasteiger partial charge in [0.15, 0.2) is 5.78 Å². The Kier molecular flexibility index (Phi) is 4.75. The van der Waals surface area contributed by atoms with Gasteiger partial charge in [-0.15, -0.1) is 0 Å². The Morgan fingerprint density at radius 1 is 1.08 bits per heavy atom. The molecule has 0 N–H and O–H groups in total. The number of halogens is 1. The number of nitrogens with zero attached hydrogens (tertiary/aromatic N) is 1. The van der Waals surface area contributed by atoms with Crippen molar-refractivity contribution in [1.82, 2.24) is 4.31 Å². The van der Waals surface area contributed by atoms with Gasteiger partial charge in [-0.2, -0.15) is 4.31 Å². The lowest BCUT2D eigenvalue weighted by atomic mass is 9.78. The molecule has 1 heterocycles. The van der Waals surface area contributed by atoms with Crippen molar-refractivity contribution in [1.29, 1.82) is 0 Å². The molecule has 1 saturated heterocycles. The average molecular weight is 375 g/mol. The van der Waals surface area contributed by atoms with Gasteiger partial charge in [-0.25, -0.2) is 12.8 Å². The lowest BCUT2D eigenvalue weighted by Crippen LogP contribution is -2.30. The van der Waals surface area contributed by atoms with Crippen LogP contribution in [-0.2, 0) is 10.0 Å². The maximum absolute atomic E-state index is 13.1. The number of aryl methyl sites for hydroxylation is 1. The van der Waals surface area contributed by atoms with E-state index in [1.807, 2.05) is 20.8 Å². The van der Waals surface area contributed by atoms with Gasteiger partial charge in [0.2, 0.25) is 10.0 Å². The number of carbonyl (C=O) groups is 1. The van der Waals surface area contributed by atoms with Crippen LogP contribution in [0.5, 0.6) is 0 Å². The first-order valence-corrected chi connectivity index (χ1v) is 9.92. The first kappa shape index (κ1) is 18.7. The molecule has 1 aliphatic heterocycles. The Balaban J connectivity index is 1.88. The summed E-state index contributed by atoms with van der Waals surface area (Å²) >= 11 is 0. The zero-order valence-electron chi connectivity index (χ0n) is 15.1. The number of hydrogen-bond donors (Lipinski definition) is 0. The zero-order chi connectivity index (χ0) is 19.1. The molecule has 0 spiro atoms. The summed E-state index contributed by atoms with van der Waals surface area (Å²) in [5.41, 5.74) is 0.873. The fourth-order valence-electron chi connectivity index (χ4n) is 3.38. The van der Waals surface area contributed by atoms with Crippen molar-refractivity contribution in [3.05, 3.63) is 65.5 Å². The molecule has 26 heavy (non-hydrogen) atoms. The standard InChI is InChI=1S/C20H22FNO3S/c1-14-4-10-17(11-5-14)26(24,25)22-12-18(20(2,3)13-22)19(23)15-6-8-16(21)9-7-15/h4-11,18H,12-13H2,1-3H3. The maximum atomic E-state index is 13.1. The van der Waals surface area contributed by atoms with Crippen LogP contribution in [0.25, 0.3) is 0 Å². The number of ketones is 1. The minimum atomic E-state index is -3.66. The Morgan fingerprint density at radius 2 is 1.65 bits per heavy atom. The minimum Gasteiger partial charge on any atom is -0.294 e. The van der Waals surface area contributed by atoms with Crippen LogP contribution in [0.4, 0.5) is 4.39 Å². The number of carbonyl (C=O) groups excluding carboxylic acids is 1. The van der Waals surface area contributed by atoms with Crippen LogP contribution in [-0.4, -0.2) is 31.6 Å². The van der Waals surface area contributed by atoms with Gasteiger partial charge < -0.3 is 0 Å². The Morgan fingerprint density at radius 3 is 2.23 bits per heavy atom. The molecular formula is C20H22FNO3S. The molecule has 2 aromatic carbocycles. The third kappa shape index (κ3) is 3.44. The summed E-state index contributed by atoms with van der Waals surface area (Å²) in [5, 5.41) is 0. The molecule has 2 aromatic rings. The van der Waals surface area contributed by atoms with Gasteiger partial charge in [-0.05, 0) is 48.7 Å². The molecule has 1 aliphatic rings. The Bertz CT molecular complexity index is 919. The molecule has 138 valence electrons. The first-order valence-electron chi connectivity index (χ1n) is 8.48. The van der Waals surface area contributed by atoms with Crippen LogP contribution >= 0.6 is 0 Å². The highest BCUT2D eigenvalue weighted by Gasteiger charge is 2.47. The number of benzene rings is 2. The van der Waals surface area contributed by atoms with Gasteiger partial charge in [-0.3, -0.25) is 4.79 Å². The molecular weight excluding hydrogens is 353 g/mol. The van der Waals surface area contributed by atoms with Crippen LogP contribution < -0.4 is 0 Å². The summed E-state index contributed by atoms with van der Waals surface area (Å²) in [4.78, 5) is 13.1. The Labute approximate surface area is 153 Å². The molecule has 0 aliphatic carbocycles. The van der Waals surface area contributed by atoms with Gasteiger partial charge in [0.1, 0.15) is 5.82 Å². The van der Waals surface area contributed by atoms with Crippen molar-refractivity contribution in [3.63, 3.8) is 0 Å². The van der Waals surface area contributed by atoms with E-state index in [9.17, 15) is 17.6 Å². The second-order valence-electron chi connectivity index (χ2n) is 7.52. The van der Waals surface area contributed by atoms with E-state index >= 15 is 0 Å². The smallest absolute Gasteiger partial charge is 0.243 e. The van der Waals surface area contributed by atoms with E-state index in [-0.39, 0.29) is 23.8 Å². The zero-order valence-corrected chi connectivity index (χ0v) is 15.9. The van der Waals surface area contributed by atoms with Crippen LogP contribution in [0.15, 0.2) is 53.4 Å². The molecule has 0 aromatic heterocycles. The SMILES string of the molecule is Cc1ccc(S(=O)(=O)N2CC(C(=O)c3ccc(F)cc3)C(C)(C)C2)cc1. The number of Topliss-reactive ketones (excluding diaryl/α,β-unsaturated/α-hetero) is 1. The maximum Gasteiger partial charge on any atom is 0.243 e. The van der Waals surface area contributed by atoms with Crippen molar-refractivity contribution in [2.24, 2.45) is 11.3 Å². The lowest BCUT2D eigenvalue weighted by molar-refractivity contribution is 0.0858. The van der Waals surface area contributed by atoms with Gasteiger partial charge in [-0.1, -0.05) is 31.5 Å². The van der Waals surface area contributed by atoms with Crippen LogP contribution in [0.2, 0.25) is 0 Å². The van der Waals surface area contributed by atoms with E-state index < -0.39 is 27.2 Å². The summed E-state index contributed by atoms with van der Waals surface area (Å²) in [5.74, 6) is -1.04. The van der Waals surface area contributed by atoms with E-state index in [0.717, 1.165) is 5.56 Å². The fraction of sp³-hybridized carbons (Fsp3) is 0.350. The van der Waals surface area contributed by atoms with E-state index in [0.29, 0.717) is 5.56 Å². The predicted octanol–water partition coefficient (Wildman–Crippen LogP) is 3.66. The lowest BCUT2D eigenvalue weighted by Gasteiger charge is -2.24. The topological polar surface area (TPSA) is 54.5 Å². The normalized spacial score (nSPS) is 20.2. The minimum absolute atomic E-state index is 0.124. The van der Waals surface area contributed by atoms with Gasteiger partial charge in [0.05, 0.1) is 4.90 Å². The first-order chi connectivity index (χ1) is 12.1. The highest BCUT2D eigenvalue weighted by atomic mass is 32.2. The van der Waals surface area contributed by atoms with Crippen molar-refractivity contribution in [2.45, 2.75) is 25.7 Å². The second kappa shape index (κ2) is 6.59. The number of rotatable bonds is 4. The summed E-state index contributed by atoms with van der Waals surface area (Å²) in [6.45, 7) is 6.07. The fourth-order valence-corrected chi connectivity index (χ4v) is 5.00. The monoisotopic (exact) mass is 375 g/mol. The summed E-state index contributed by atoms with van der Waals surface area (Å²) in [6.07, 6.45) is 0. The molecule has 4 nitrogen and oxygen atoms in total. The average Bonchev–Trinajstić information content (AvgIpc) is 2.91. The number of sulfonamides is 1. The van der Waals surface area contributed by atoms with Crippen LogP contribution in [0, 0.1) is 24.1 Å². The van der Waals surface area contributed by atoms with Crippen molar-refractivity contribution in [3.8, 4) is 0 Å². The van der Waals surface area contributed by atoms with E-state index in [1.54, 1.807) is 24.3 Å². The molecule has 1 atom stereocenters. The molecule has 0 radical (unpaired) electrons. The van der Waals surface area contributed by atoms with Crippen LogP contribution in [0.1, 0.15) is 29.8 Å². The summed E-state index contributed by atoms with van der Waals surface area (Å²) in [6, 6.07) is 12.1. The molecule has 6 heteroatoms. The second-order valence-corrected chi connectivity index (χ2v) is 9.46. The van der Waals surface area contributed by atoms with Crippen LogP contribution in [0.3, 0.4) is 0 Å². The third-order valence-corrected chi connectivity index (χ3v) is 6.84. The quantitative estimate of drug-likeness (QED) is 0.767. The molecule has 0 bridgehead atoms. The number of hydrogen-bond acceptors (Lipinski definition) is 3. The van der Waals surface area contributed by atoms with E-state index in [2.05, 4.69) is 0 Å². The van der Waals surface area contributed by atoms with Gasteiger partial charge in [0.25, 0.3) is 0 Å². The summed E-state index contributed by atoms with van der Waals surface area (Å²) in [7, 11) is -3.66. The molecule has 0 saturated carbocycles. The van der Waals surface area contributed by atoms with Gasteiger partial charge in [0, 0.05) is 24.6 Å². The van der Waals surface area contributed by atoms with Crippen molar-refractivity contribution >= 4 is 15.8 Å². The molecule has 1 fully saturated rings. The van der Waals surface area contributed by atoms with Gasteiger partial charge >= 0.3 is 0 Å². The highest BCUT2D eigenvalue weighted by Crippen LogP contribution is 2.39. The van der Waals surface area contributed by atoms with Crippen molar-refractivity contribution < 1.29 is 17.6 Å². The summed E-state index contributed by atoms with van der Waals surface area (Å²) < 4.78 is 40.4. The predicted molar refractivity (Wildman–Crippen MR) is 97.9 cm³/mol. The third-order valence-electron chi connectivity index (χ3n) is 5.02. The largest absolute Gasteiger partial charge is 0.294 e.